The van der Waals surface area contributed by atoms with Crippen LogP contribution in [0.4, 0.5) is 11.4 Å². The fourth-order valence-corrected chi connectivity index (χ4v) is 2.73. The fourth-order valence-electron chi connectivity index (χ4n) is 2.39. The van der Waals surface area contributed by atoms with E-state index in [1.807, 2.05) is 9.47 Å². The molecule has 1 aromatic carbocycles. The number of nitrogens with two attached hydrogens (primary N) is 2. The van der Waals surface area contributed by atoms with Crippen LogP contribution >= 0.6 is 11.6 Å². The zero-order valence-corrected chi connectivity index (χ0v) is 11.3. The highest BCUT2D eigenvalue weighted by Crippen LogP contribution is 2.34. The standard InChI is InChI=1S/C12H13ClN6O/c13-9-4-7(14)3-8(12(15)20)11(9)18-1-2-19-6-16-17-10(19)5-18/h3-4,6H,1-2,5,14H2,(H2,15,20). The Morgan fingerprint density at radius 3 is 2.90 bits per heavy atom. The number of nitrogen functional groups attached to an aromatic ring is 1. The predicted molar refractivity (Wildman–Crippen MR) is 75.5 cm³/mol. The number of hydrogen-bond acceptors (Lipinski definition) is 5. The van der Waals surface area contributed by atoms with Gasteiger partial charge in [-0.15, -0.1) is 10.2 Å². The van der Waals surface area contributed by atoms with Crippen molar-refractivity contribution in [2.45, 2.75) is 13.1 Å². The summed E-state index contributed by atoms with van der Waals surface area (Å²) in [4.78, 5) is 13.6. The van der Waals surface area contributed by atoms with E-state index in [9.17, 15) is 4.79 Å². The molecule has 104 valence electrons. The van der Waals surface area contributed by atoms with Gasteiger partial charge in [0.1, 0.15) is 6.33 Å². The third kappa shape index (κ3) is 2.05. The first-order chi connectivity index (χ1) is 9.56. The van der Waals surface area contributed by atoms with Gasteiger partial charge in [0.15, 0.2) is 5.82 Å². The first-order valence-electron chi connectivity index (χ1n) is 6.06. The van der Waals surface area contributed by atoms with Crippen molar-refractivity contribution in [1.29, 1.82) is 0 Å². The van der Waals surface area contributed by atoms with Gasteiger partial charge in [-0.1, -0.05) is 11.6 Å². The summed E-state index contributed by atoms with van der Waals surface area (Å²) in [6.07, 6.45) is 1.69. The molecule has 1 aliphatic rings. The van der Waals surface area contributed by atoms with Crippen molar-refractivity contribution < 1.29 is 4.79 Å². The van der Waals surface area contributed by atoms with Gasteiger partial charge in [0, 0.05) is 18.8 Å². The zero-order valence-electron chi connectivity index (χ0n) is 10.6. The van der Waals surface area contributed by atoms with Crippen molar-refractivity contribution in [1.82, 2.24) is 14.8 Å². The smallest absolute Gasteiger partial charge is 0.250 e. The van der Waals surface area contributed by atoms with E-state index >= 15 is 0 Å². The van der Waals surface area contributed by atoms with Crippen LogP contribution < -0.4 is 16.4 Å². The molecule has 1 aromatic heterocycles. The molecule has 0 saturated carbocycles. The number of halogens is 1. The highest BCUT2D eigenvalue weighted by Gasteiger charge is 2.24. The molecule has 20 heavy (non-hydrogen) atoms. The second-order valence-corrected chi connectivity index (χ2v) is 5.03. The van der Waals surface area contributed by atoms with Crippen molar-refractivity contribution >= 4 is 28.9 Å². The molecular formula is C12H13ClN6O. The molecule has 0 spiro atoms. The SMILES string of the molecule is NC(=O)c1cc(N)cc(Cl)c1N1CCn2cnnc2C1. The minimum absolute atomic E-state index is 0.322. The fraction of sp³-hybridized carbons (Fsp3) is 0.250. The number of amides is 1. The maximum Gasteiger partial charge on any atom is 0.250 e. The summed E-state index contributed by atoms with van der Waals surface area (Å²) in [6, 6.07) is 3.16. The average Bonchev–Trinajstić information content (AvgIpc) is 2.84. The lowest BCUT2D eigenvalue weighted by molar-refractivity contribution is 0.100. The van der Waals surface area contributed by atoms with E-state index in [-0.39, 0.29) is 0 Å². The molecule has 0 fully saturated rings. The lowest BCUT2D eigenvalue weighted by Gasteiger charge is -2.31. The van der Waals surface area contributed by atoms with E-state index in [0.717, 1.165) is 12.4 Å². The third-order valence-corrected chi connectivity index (χ3v) is 3.59. The van der Waals surface area contributed by atoms with Crippen molar-refractivity contribution in [3.63, 3.8) is 0 Å². The largest absolute Gasteiger partial charge is 0.399 e. The number of nitrogens with zero attached hydrogens (tertiary/aromatic N) is 4. The Kier molecular flexibility index (Phi) is 2.98. The Bertz CT molecular complexity index is 683. The highest BCUT2D eigenvalue weighted by atomic mass is 35.5. The minimum Gasteiger partial charge on any atom is -0.399 e. The number of carbonyl (C=O) groups is 1. The lowest BCUT2D eigenvalue weighted by Crippen LogP contribution is -2.35. The highest BCUT2D eigenvalue weighted by molar-refractivity contribution is 6.34. The Balaban J connectivity index is 2.05. The summed E-state index contributed by atoms with van der Waals surface area (Å²) < 4.78 is 1.96. The molecule has 0 unspecified atom stereocenters. The molecule has 2 heterocycles. The summed E-state index contributed by atoms with van der Waals surface area (Å²) >= 11 is 6.24. The van der Waals surface area contributed by atoms with Gasteiger partial charge in [-0.05, 0) is 12.1 Å². The molecule has 0 radical (unpaired) electrons. The molecule has 3 rings (SSSR count). The number of benzene rings is 1. The minimum atomic E-state index is -0.554. The number of aromatic nitrogens is 3. The van der Waals surface area contributed by atoms with Crippen LogP contribution in [-0.2, 0) is 13.1 Å². The van der Waals surface area contributed by atoms with Crippen molar-refractivity contribution in [2.75, 3.05) is 17.2 Å². The first kappa shape index (κ1) is 12.7. The summed E-state index contributed by atoms with van der Waals surface area (Å²) in [5.74, 6) is 0.265. The molecule has 0 saturated heterocycles. The van der Waals surface area contributed by atoms with Crippen LogP contribution in [0.2, 0.25) is 5.02 Å². The Morgan fingerprint density at radius 1 is 1.35 bits per heavy atom. The summed E-state index contributed by atoms with van der Waals surface area (Å²) in [6.45, 7) is 1.93. The Hall–Kier alpha value is -2.28. The van der Waals surface area contributed by atoms with Gasteiger partial charge in [-0.25, -0.2) is 0 Å². The zero-order chi connectivity index (χ0) is 14.3. The number of primary amides is 1. The quantitative estimate of drug-likeness (QED) is 0.790. The van der Waals surface area contributed by atoms with Gasteiger partial charge in [-0.2, -0.15) is 0 Å². The average molecular weight is 293 g/mol. The monoisotopic (exact) mass is 292 g/mol. The summed E-state index contributed by atoms with van der Waals surface area (Å²) in [7, 11) is 0. The maximum atomic E-state index is 11.6. The van der Waals surface area contributed by atoms with Crippen LogP contribution in [0, 0.1) is 0 Å². The van der Waals surface area contributed by atoms with Crippen LogP contribution in [0.3, 0.4) is 0 Å². The Morgan fingerprint density at radius 2 is 2.15 bits per heavy atom. The van der Waals surface area contributed by atoms with Crippen LogP contribution in [-0.4, -0.2) is 27.2 Å². The van der Waals surface area contributed by atoms with Gasteiger partial charge in [0.05, 0.1) is 22.8 Å². The molecule has 7 nitrogen and oxygen atoms in total. The second kappa shape index (κ2) is 4.68. The number of carbonyl (C=O) groups excluding carboxylic acids is 1. The van der Waals surface area contributed by atoms with Gasteiger partial charge in [0.2, 0.25) is 0 Å². The van der Waals surface area contributed by atoms with E-state index in [4.69, 9.17) is 23.1 Å². The van der Waals surface area contributed by atoms with Gasteiger partial charge >= 0.3 is 0 Å². The molecule has 4 N–H and O–H groups in total. The number of anilines is 2. The third-order valence-electron chi connectivity index (χ3n) is 3.31. The van der Waals surface area contributed by atoms with Crippen molar-refractivity contribution in [3.8, 4) is 0 Å². The lowest BCUT2D eigenvalue weighted by atomic mass is 10.1. The van der Waals surface area contributed by atoms with Crippen LogP contribution in [0.25, 0.3) is 0 Å². The second-order valence-electron chi connectivity index (χ2n) is 4.63. The molecule has 2 aromatic rings. The molecule has 1 amide bonds. The number of fused-ring (bicyclic) bond motifs is 1. The van der Waals surface area contributed by atoms with Crippen molar-refractivity contribution in [2.24, 2.45) is 5.73 Å². The van der Waals surface area contributed by atoms with Crippen LogP contribution in [0.1, 0.15) is 16.2 Å². The van der Waals surface area contributed by atoms with Crippen molar-refractivity contribution in [3.05, 3.63) is 34.9 Å². The van der Waals surface area contributed by atoms with Crippen LogP contribution in [0.15, 0.2) is 18.5 Å². The molecule has 0 atom stereocenters. The normalized spacial score (nSPS) is 14.2. The Labute approximate surface area is 120 Å². The van der Waals surface area contributed by atoms with Crippen LogP contribution in [0.5, 0.6) is 0 Å². The molecular weight excluding hydrogens is 280 g/mol. The van der Waals surface area contributed by atoms with E-state index < -0.39 is 5.91 Å². The van der Waals surface area contributed by atoms with Gasteiger partial charge in [-0.3, -0.25) is 4.79 Å². The molecule has 1 aliphatic heterocycles. The number of hydrogen-bond donors (Lipinski definition) is 2. The molecule has 0 aliphatic carbocycles. The predicted octanol–water partition coefficient (Wildman–Crippen LogP) is 0.633. The number of rotatable bonds is 2. The summed E-state index contributed by atoms with van der Waals surface area (Å²) in [5.41, 5.74) is 12.5. The maximum absolute atomic E-state index is 11.6. The first-order valence-corrected chi connectivity index (χ1v) is 6.44. The topological polar surface area (TPSA) is 103 Å². The van der Waals surface area contributed by atoms with E-state index in [2.05, 4.69) is 10.2 Å². The molecule has 0 bridgehead atoms. The van der Waals surface area contributed by atoms with E-state index in [0.29, 0.717) is 35.1 Å². The van der Waals surface area contributed by atoms with E-state index in [1.165, 1.54) is 0 Å². The van der Waals surface area contributed by atoms with Gasteiger partial charge < -0.3 is 20.9 Å². The van der Waals surface area contributed by atoms with Gasteiger partial charge in [0.25, 0.3) is 5.91 Å². The summed E-state index contributed by atoms with van der Waals surface area (Å²) in [5, 5.41) is 8.32. The molecule has 8 heteroatoms. The van der Waals surface area contributed by atoms with E-state index in [1.54, 1.807) is 18.5 Å².